The first-order valence-corrected chi connectivity index (χ1v) is 10.0. The lowest BCUT2D eigenvalue weighted by atomic mass is 10.0. The minimum atomic E-state index is -0.875. The molecule has 0 unspecified atom stereocenters. The van der Waals surface area contributed by atoms with Crippen LogP contribution in [0.2, 0.25) is 0 Å². The van der Waals surface area contributed by atoms with E-state index in [1.54, 1.807) is 78.7 Å². The number of carboxylic acid groups (broad SMARTS) is 1. The van der Waals surface area contributed by atoms with Crippen molar-refractivity contribution in [2.24, 2.45) is 0 Å². The highest BCUT2D eigenvalue weighted by molar-refractivity contribution is 6.08. The SMILES string of the molecule is COc1ccc(C(=O)N(CCCCC(=O)O)c2ccccc2-c2ccccc2F)cc1. The van der Waals surface area contributed by atoms with E-state index in [0.717, 1.165) is 0 Å². The summed E-state index contributed by atoms with van der Waals surface area (Å²) in [6.45, 7) is 0.309. The summed E-state index contributed by atoms with van der Waals surface area (Å²) in [4.78, 5) is 25.9. The number of amides is 1. The molecule has 0 heterocycles. The van der Waals surface area contributed by atoms with Crippen molar-refractivity contribution in [2.75, 3.05) is 18.6 Å². The van der Waals surface area contributed by atoms with Crippen molar-refractivity contribution in [1.29, 1.82) is 0 Å². The minimum absolute atomic E-state index is 0.0273. The zero-order valence-corrected chi connectivity index (χ0v) is 17.3. The molecule has 0 saturated carbocycles. The zero-order chi connectivity index (χ0) is 22.2. The van der Waals surface area contributed by atoms with Crippen LogP contribution in [0.4, 0.5) is 10.1 Å². The van der Waals surface area contributed by atoms with E-state index in [1.165, 1.54) is 6.07 Å². The number of hydrogen-bond donors (Lipinski definition) is 1. The monoisotopic (exact) mass is 421 g/mol. The molecule has 0 radical (unpaired) electrons. The lowest BCUT2D eigenvalue weighted by Crippen LogP contribution is -2.32. The maximum Gasteiger partial charge on any atom is 0.303 e. The number of carbonyl (C=O) groups excluding carboxylic acids is 1. The summed E-state index contributed by atoms with van der Waals surface area (Å²) >= 11 is 0. The van der Waals surface area contributed by atoms with Crippen LogP contribution < -0.4 is 9.64 Å². The summed E-state index contributed by atoms with van der Waals surface area (Å²) in [6, 6.07) is 20.3. The quantitative estimate of drug-likeness (QED) is 0.470. The predicted molar refractivity (Wildman–Crippen MR) is 118 cm³/mol. The molecule has 0 saturated heterocycles. The Bertz CT molecular complexity index is 1050. The van der Waals surface area contributed by atoms with Crippen LogP contribution in [-0.4, -0.2) is 30.6 Å². The second kappa shape index (κ2) is 10.4. The second-order valence-corrected chi connectivity index (χ2v) is 7.03. The van der Waals surface area contributed by atoms with Crippen LogP contribution in [0, 0.1) is 5.82 Å². The van der Waals surface area contributed by atoms with Gasteiger partial charge in [0.05, 0.1) is 12.8 Å². The highest BCUT2D eigenvalue weighted by Crippen LogP contribution is 2.33. The van der Waals surface area contributed by atoms with Crippen LogP contribution >= 0.6 is 0 Å². The molecule has 3 aromatic carbocycles. The largest absolute Gasteiger partial charge is 0.497 e. The molecule has 0 spiro atoms. The molecule has 0 aliphatic carbocycles. The fraction of sp³-hybridized carbons (Fsp3) is 0.200. The molecular weight excluding hydrogens is 397 g/mol. The number of anilines is 1. The van der Waals surface area contributed by atoms with E-state index >= 15 is 0 Å². The summed E-state index contributed by atoms with van der Waals surface area (Å²) in [7, 11) is 1.55. The molecule has 1 N–H and O–H groups in total. The lowest BCUT2D eigenvalue weighted by molar-refractivity contribution is -0.137. The van der Waals surface area contributed by atoms with Gasteiger partial charge in [-0.1, -0.05) is 36.4 Å². The van der Waals surface area contributed by atoms with Gasteiger partial charge in [0.25, 0.3) is 5.91 Å². The predicted octanol–water partition coefficient (Wildman–Crippen LogP) is 5.40. The minimum Gasteiger partial charge on any atom is -0.497 e. The number of benzene rings is 3. The lowest BCUT2D eigenvalue weighted by Gasteiger charge is -2.26. The number of hydrogen-bond acceptors (Lipinski definition) is 3. The molecule has 5 nitrogen and oxygen atoms in total. The number of para-hydroxylation sites is 1. The molecule has 0 aliphatic heterocycles. The Morgan fingerprint density at radius 2 is 1.55 bits per heavy atom. The van der Waals surface area contributed by atoms with Gasteiger partial charge in [-0.15, -0.1) is 0 Å². The van der Waals surface area contributed by atoms with Crippen molar-refractivity contribution in [1.82, 2.24) is 0 Å². The fourth-order valence-corrected chi connectivity index (χ4v) is 3.38. The van der Waals surface area contributed by atoms with Gasteiger partial charge in [0, 0.05) is 29.7 Å². The third kappa shape index (κ3) is 5.48. The molecule has 0 atom stereocenters. The summed E-state index contributed by atoms with van der Waals surface area (Å²) in [6.07, 6.45) is 0.961. The van der Waals surface area contributed by atoms with Crippen LogP contribution in [-0.2, 0) is 4.79 Å². The first-order valence-electron chi connectivity index (χ1n) is 10.0. The van der Waals surface area contributed by atoms with Gasteiger partial charge in [0.15, 0.2) is 0 Å². The van der Waals surface area contributed by atoms with Crippen molar-refractivity contribution in [3.8, 4) is 16.9 Å². The highest BCUT2D eigenvalue weighted by Gasteiger charge is 2.22. The molecule has 6 heteroatoms. The van der Waals surface area contributed by atoms with Gasteiger partial charge in [-0.25, -0.2) is 4.39 Å². The second-order valence-electron chi connectivity index (χ2n) is 7.03. The maximum atomic E-state index is 14.5. The van der Waals surface area contributed by atoms with E-state index in [0.29, 0.717) is 47.5 Å². The number of nitrogens with zero attached hydrogens (tertiary/aromatic N) is 1. The van der Waals surface area contributed by atoms with Crippen molar-refractivity contribution in [2.45, 2.75) is 19.3 Å². The third-order valence-electron chi connectivity index (χ3n) is 4.96. The highest BCUT2D eigenvalue weighted by atomic mass is 19.1. The number of unbranched alkanes of at least 4 members (excludes halogenated alkanes) is 1. The van der Waals surface area contributed by atoms with Crippen LogP contribution in [0.3, 0.4) is 0 Å². The Kier molecular flexibility index (Phi) is 7.38. The Morgan fingerprint density at radius 3 is 2.19 bits per heavy atom. The van der Waals surface area contributed by atoms with Crippen LogP contribution in [0.1, 0.15) is 29.6 Å². The first kappa shape index (κ1) is 22.0. The van der Waals surface area contributed by atoms with E-state index in [1.807, 2.05) is 0 Å². The standard InChI is InChI=1S/C25H24FNO4/c1-31-19-15-13-18(14-16-19)25(30)27(17-7-6-12-24(28)29)23-11-5-3-9-21(23)20-8-2-4-10-22(20)26/h2-5,8-11,13-16H,6-7,12,17H2,1H3,(H,28,29). The topological polar surface area (TPSA) is 66.8 Å². The zero-order valence-electron chi connectivity index (χ0n) is 17.3. The van der Waals surface area contributed by atoms with Crippen molar-refractivity contribution in [3.63, 3.8) is 0 Å². The molecule has 0 aromatic heterocycles. The summed E-state index contributed by atoms with van der Waals surface area (Å²) < 4.78 is 19.7. The molecule has 31 heavy (non-hydrogen) atoms. The van der Waals surface area contributed by atoms with Gasteiger partial charge in [-0.2, -0.15) is 0 Å². The number of rotatable bonds is 9. The molecule has 160 valence electrons. The van der Waals surface area contributed by atoms with Gasteiger partial charge in [0.1, 0.15) is 11.6 Å². The maximum absolute atomic E-state index is 14.5. The molecular formula is C25H24FNO4. The summed E-state index contributed by atoms with van der Waals surface area (Å²) in [5.41, 5.74) is 2.03. The smallest absolute Gasteiger partial charge is 0.303 e. The number of ether oxygens (including phenoxy) is 1. The van der Waals surface area contributed by atoms with Crippen LogP contribution in [0.25, 0.3) is 11.1 Å². The van der Waals surface area contributed by atoms with Crippen molar-refractivity contribution in [3.05, 3.63) is 84.2 Å². The average molecular weight is 421 g/mol. The third-order valence-corrected chi connectivity index (χ3v) is 4.96. The number of carboxylic acids is 1. The van der Waals surface area contributed by atoms with Gasteiger partial charge < -0.3 is 14.7 Å². The van der Waals surface area contributed by atoms with E-state index in [-0.39, 0.29) is 18.1 Å². The van der Waals surface area contributed by atoms with Gasteiger partial charge in [-0.05, 0) is 49.2 Å². The Hall–Kier alpha value is -3.67. The molecule has 1 amide bonds. The Morgan fingerprint density at radius 1 is 0.903 bits per heavy atom. The average Bonchev–Trinajstić information content (AvgIpc) is 2.79. The van der Waals surface area contributed by atoms with Crippen molar-refractivity contribution >= 4 is 17.6 Å². The van der Waals surface area contributed by atoms with E-state index < -0.39 is 5.97 Å². The molecule has 0 fully saturated rings. The summed E-state index contributed by atoms with van der Waals surface area (Å²) in [5, 5.41) is 8.92. The first-order chi connectivity index (χ1) is 15.0. The Labute approximate surface area is 180 Å². The van der Waals surface area contributed by atoms with E-state index in [9.17, 15) is 14.0 Å². The number of halogens is 1. The fourth-order valence-electron chi connectivity index (χ4n) is 3.38. The molecule has 0 aliphatic rings. The van der Waals surface area contributed by atoms with Crippen molar-refractivity contribution < 1.29 is 23.8 Å². The van der Waals surface area contributed by atoms with Gasteiger partial charge >= 0.3 is 5.97 Å². The Balaban J connectivity index is 1.99. The molecule has 0 bridgehead atoms. The van der Waals surface area contributed by atoms with Crippen LogP contribution in [0.15, 0.2) is 72.8 Å². The van der Waals surface area contributed by atoms with Gasteiger partial charge in [0.2, 0.25) is 0 Å². The normalized spacial score (nSPS) is 10.5. The number of aliphatic carboxylic acids is 1. The van der Waals surface area contributed by atoms with Crippen LogP contribution in [0.5, 0.6) is 5.75 Å². The van der Waals surface area contributed by atoms with E-state index in [2.05, 4.69) is 0 Å². The molecule has 3 rings (SSSR count). The number of methoxy groups -OCH3 is 1. The molecule has 3 aromatic rings. The van der Waals surface area contributed by atoms with E-state index in [4.69, 9.17) is 9.84 Å². The van der Waals surface area contributed by atoms with Gasteiger partial charge in [-0.3, -0.25) is 9.59 Å². The number of carbonyl (C=O) groups is 2. The summed E-state index contributed by atoms with van der Waals surface area (Å²) in [5.74, 6) is -0.865.